The Kier molecular flexibility index (Phi) is 10.5. The first-order valence-corrected chi connectivity index (χ1v) is 6.31. The normalized spacial score (nSPS) is 12.4. The summed E-state index contributed by atoms with van der Waals surface area (Å²) in [5.41, 5.74) is 5.27. The molecule has 96 valence electrons. The molecule has 0 heterocycles. The number of nitrogens with one attached hydrogen (secondary N) is 1. The standard InChI is InChI=1S/C12H26N2O2/c1-3-5-7-11(6-4-2)14-12(15)10-16-9-8-13/h11H,3-10,13H2,1-2H3,(H,14,15). The Balaban J connectivity index is 3.73. The zero-order chi connectivity index (χ0) is 12.2. The third kappa shape index (κ3) is 8.68. The van der Waals surface area contributed by atoms with Crippen molar-refractivity contribution in [1.82, 2.24) is 5.32 Å². The number of amides is 1. The molecule has 0 aromatic rings. The number of nitrogens with two attached hydrogens (primary N) is 1. The second kappa shape index (κ2) is 10.9. The molecule has 0 aromatic heterocycles. The minimum absolute atomic E-state index is 0.0250. The fraction of sp³-hybridized carbons (Fsp3) is 0.917. The maximum absolute atomic E-state index is 11.5. The van der Waals surface area contributed by atoms with E-state index in [1.165, 1.54) is 6.42 Å². The van der Waals surface area contributed by atoms with Crippen LogP contribution in [0, 0.1) is 0 Å². The highest BCUT2D eigenvalue weighted by atomic mass is 16.5. The molecule has 4 nitrogen and oxygen atoms in total. The molecule has 16 heavy (non-hydrogen) atoms. The molecule has 1 unspecified atom stereocenters. The van der Waals surface area contributed by atoms with Gasteiger partial charge in [0.2, 0.25) is 5.91 Å². The van der Waals surface area contributed by atoms with Crippen molar-refractivity contribution in [2.45, 2.75) is 52.0 Å². The van der Waals surface area contributed by atoms with Crippen molar-refractivity contribution in [3.05, 3.63) is 0 Å². The lowest BCUT2D eigenvalue weighted by molar-refractivity contribution is -0.126. The molecule has 0 fully saturated rings. The van der Waals surface area contributed by atoms with E-state index < -0.39 is 0 Å². The zero-order valence-corrected chi connectivity index (χ0v) is 10.6. The van der Waals surface area contributed by atoms with Crippen LogP contribution in [0.2, 0.25) is 0 Å². The molecule has 0 aliphatic rings. The van der Waals surface area contributed by atoms with Crippen LogP contribution in [0.25, 0.3) is 0 Å². The van der Waals surface area contributed by atoms with Gasteiger partial charge in [0, 0.05) is 12.6 Å². The third-order valence-electron chi connectivity index (χ3n) is 2.40. The van der Waals surface area contributed by atoms with Gasteiger partial charge in [-0.2, -0.15) is 0 Å². The van der Waals surface area contributed by atoms with Gasteiger partial charge in [0.05, 0.1) is 6.61 Å². The molecule has 0 spiro atoms. The monoisotopic (exact) mass is 230 g/mol. The van der Waals surface area contributed by atoms with E-state index in [9.17, 15) is 4.79 Å². The first kappa shape index (κ1) is 15.4. The molecular weight excluding hydrogens is 204 g/mol. The highest BCUT2D eigenvalue weighted by molar-refractivity contribution is 5.77. The largest absolute Gasteiger partial charge is 0.370 e. The predicted molar refractivity (Wildman–Crippen MR) is 66.2 cm³/mol. The number of unbranched alkanes of at least 4 members (excludes halogenated alkanes) is 1. The summed E-state index contributed by atoms with van der Waals surface area (Å²) < 4.78 is 5.09. The molecule has 0 saturated heterocycles. The summed E-state index contributed by atoms with van der Waals surface area (Å²) in [6.07, 6.45) is 5.53. The van der Waals surface area contributed by atoms with Crippen molar-refractivity contribution in [1.29, 1.82) is 0 Å². The van der Waals surface area contributed by atoms with Crippen molar-refractivity contribution in [2.24, 2.45) is 5.73 Å². The van der Waals surface area contributed by atoms with Crippen molar-refractivity contribution in [3.8, 4) is 0 Å². The summed E-state index contributed by atoms with van der Waals surface area (Å²) in [6.45, 7) is 5.33. The van der Waals surface area contributed by atoms with Gasteiger partial charge in [-0.15, -0.1) is 0 Å². The molecule has 1 amide bonds. The molecule has 0 bridgehead atoms. The zero-order valence-electron chi connectivity index (χ0n) is 10.6. The summed E-state index contributed by atoms with van der Waals surface area (Å²) in [7, 11) is 0. The van der Waals surface area contributed by atoms with Gasteiger partial charge < -0.3 is 15.8 Å². The van der Waals surface area contributed by atoms with Gasteiger partial charge in [0.1, 0.15) is 6.61 Å². The number of hydrogen-bond donors (Lipinski definition) is 2. The summed E-state index contributed by atoms with van der Waals surface area (Å²) in [6, 6.07) is 0.305. The van der Waals surface area contributed by atoms with Crippen LogP contribution in [0.3, 0.4) is 0 Å². The smallest absolute Gasteiger partial charge is 0.246 e. The molecule has 0 saturated carbocycles. The van der Waals surface area contributed by atoms with E-state index in [-0.39, 0.29) is 12.5 Å². The Morgan fingerprint density at radius 2 is 2.06 bits per heavy atom. The lowest BCUT2D eigenvalue weighted by Crippen LogP contribution is -2.37. The minimum atomic E-state index is -0.0250. The average molecular weight is 230 g/mol. The number of carbonyl (C=O) groups excluding carboxylic acids is 1. The summed E-state index contributed by atoms with van der Waals surface area (Å²) >= 11 is 0. The fourth-order valence-corrected chi connectivity index (χ4v) is 1.61. The van der Waals surface area contributed by atoms with E-state index in [1.54, 1.807) is 0 Å². The van der Waals surface area contributed by atoms with Crippen LogP contribution >= 0.6 is 0 Å². The van der Waals surface area contributed by atoms with Gasteiger partial charge >= 0.3 is 0 Å². The average Bonchev–Trinajstić information content (AvgIpc) is 2.26. The summed E-state index contributed by atoms with van der Waals surface area (Å²) in [5.74, 6) is -0.0250. The van der Waals surface area contributed by atoms with E-state index in [0.29, 0.717) is 19.2 Å². The Morgan fingerprint density at radius 1 is 1.31 bits per heavy atom. The van der Waals surface area contributed by atoms with Crippen molar-refractivity contribution < 1.29 is 9.53 Å². The second-order valence-electron chi connectivity index (χ2n) is 4.04. The van der Waals surface area contributed by atoms with Crippen LogP contribution in [0.15, 0.2) is 0 Å². The number of ether oxygens (including phenoxy) is 1. The molecule has 0 aliphatic carbocycles. The summed E-state index contributed by atoms with van der Waals surface area (Å²) in [5, 5.41) is 3.01. The van der Waals surface area contributed by atoms with Gasteiger partial charge in [0.25, 0.3) is 0 Å². The Morgan fingerprint density at radius 3 is 2.62 bits per heavy atom. The Bertz CT molecular complexity index is 174. The van der Waals surface area contributed by atoms with Crippen LogP contribution in [-0.4, -0.2) is 31.7 Å². The lowest BCUT2D eigenvalue weighted by atomic mass is 10.1. The molecule has 0 aliphatic heterocycles. The second-order valence-corrected chi connectivity index (χ2v) is 4.04. The van der Waals surface area contributed by atoms with Crippen LogP contribution < -0.4 is 11.1 Å². The van der Waals surface area contributed by atoms with Crippen molar-refractivity contribution in [2.75, 3.05) is 19.8 Å². The SMILES string of the molecule is CCCCC(CCC)NC(=O)COCCN. The van der Waals surface area contributed by atoms with Crippen LogP contribution in [-0.2, 0) is 9.53 Å². The molecule has 1 atom stereocenters. The van der Waals surface area contributed by atoms with E-state index in [2.05, 4.69) is 19.2 Å². The van der Waals surface area contributed by atoms with Crippen molar-refractivity contribution >= 4 is 5.91 Å². The molecule has 0 radical (unpaired) electrons. The summed E-state index contributed by atoms with van der Waals surface area (Å²) in [4.78, 5) is 11.5. The Hall–Kier alpha value is -0.610. The molecule has 3 N–H and O–H groups in total. The minimum Gasteiger partial charge on any atom is -0.370 e. The van der Waals surface area contributed by atoms with Gasteiger partial charge in [-0.25, -0.2) is 0 Å². The molecule has 4 heteroatoms. The third-order valence-corrected chi connectivity index (χ3v) is 2.40. The highest BCUT2D eigenvalue weighted by Gasteiger charge is 2.10. The molecule has 0 rings (SSSR count). The van der Waals surface area contributed by atoms with E-state index in [0.717, 1.165) is 25.7 Å². The van der Waals surface area contributed by atoms with E-state index in [1.807, 2.05) is 0 Å². The first-order valence-electron chi connectivity index (χ1n) is 6.31. The molecular formula is C12H26N2O2. The number of rotatable bonds is 10. The van der Waals surface area contributed by atoms with E-state index >= 15 is 0 Å². The van der Waals surface area contributed by atoms with Crippen LogP contribution in [0.1, 0.15) is 46.0 Å². The Labute approximate surface area is 98.9 Å². The maximum Gasteiger partial charge on any atom is 0.246 e. The van der Waals surface area contributed by atoms with Gasteiger partial charge in [0.15, 0.2) is 0 Å². The fourth-order valence-electron chi connectivity index (χ4n) is 1.61. The predicted octanol–water partition coefficient (Wildman–Crippen LogP) is 1.44. The van der Waals surface area contributed by atoms with Gasteiger partial charge in [-0.1, -0.05) is 33.1 Å². The van der Waals surface area contributed by atoms with Crippen LogP contribution in [0.5, 0.6) is 0 Å². The number of hydrogen-bond acceptors (Lipinski definition) is 3. The molecule has 0 aromatic carbocycles. The highest BCUT2D eigenvalue weighted by Crippen LogP contribution is 2.06. The van der Waals surface area contributed by atoms with Crippen molar-refractivity contribution in [3.63, 3.8) is 0 Å². The van der Waals surface area contributed by atoms with Crippen LogP contribution in [0.4, 0.5) is 0 Å². The van der Waals surface area contributed by atoms with Gasteiger partial charge in [-0.05, 0) is 12.8 Å². The van der Waals surface area contributed by atoms with E-state index in [4.69, 9.17) is 10.5 Å². The lowest BCUT2D eigenvalue weighted by Gasteiger charge is -2.17. The first-order chi connectivity index (χ1) is 7.74. The number of carbonyl (C=O) groups is 1. The van der Waals surface area contributed by atoms with Gasteiger partial charge in [-0.3, -0.25) is 4.79 Å². The quantitative estimate of drug-likeness (QED) is 0.558. The maximum atomic E-state index is 11.5. The topological polar surface area (TPSA) is 64.3 Å².